The Labute approximate surface area is 220 Å². The average molecular weight is 557 g/mol. The number of ether oxygens (including phenoxy) is 2. The maximum Gasteiger partial charge on any atom is 0.422 e. The molecule has 7 nitrogen and oxygen atoms in total. The minimum absolute atomic E-state index is 0.0410. The number of nitrogens with zero attached hydrogens (tertiary/aromatic N) is 3. The summed E-state index contributed by atoms with van der Waals surface area (Å²) in [6.07, 6.45) is -3.19. The van der Waals surface area contributed by atoms with Crippen LogP contribution >= 0.6 is 11.8 Å². The smallest absolute Gasteiger partial charge is 0.422 e. The van der Waals surface area contributed by atoms with Crippen LogP contribution in [-0.2, 0) is 12.3 Å². The quantitative estimate of drug-likeness (QED) is 0.0938. The van der Waals surface area contributed by atoms with Crippen molar-refractivity contribution >= 4 is 17.6 Å². The molecule has 0 saturated heterocycles. The van der Waals surface area contributed by atoms with Crippen molar-refractivity contribution in [3.63, 3.8) is 0 Å². The number of benzene rings is 1. The lowest BCUT2D eigenvalue weighted by Crippen LogP contribution is -2.31. The fourth-order valence-electron chi connectivity index (χ4n) is 3.07. The lowest BCUT2D eigenvalue weighted by atomic mass is 10.2. The molecule has 3 aromatic rings. The molecular weight excluding hydrogens is 531 g/mol. The van der Waals surface area contributed by atoms with E-state index in [-0.39, 0.29) is 17.9 Å². The molecule has 1 aromatic carbocycles. The molecule has 13 heteroatoms. The summed E-state index contributed by atoms with van der Waals surface area (Å²) < 4.78 is 80.4. The summed E-state index contributed by atoms with van der Waals surface area (Å²) in [5.41, 5.74) is 1.12. The topological polar surface area (TPSA) is 86.1 Å². The van der Waals surface area contributed by atoms with Gasteiger partial charge >= 0.3 is 6.18 Å². The number of aromatic nitrogens is 1. The monoisotopic (exact) mass is 556 g/mol. The second kappa shape index (κ2) is 12.7. The maximum atomic E-state index is 13.4. The van der Waals surface area contributed by atoms with Crippen LogP contribution in [0.4, 0.5) is 22.0 Å². The molecule has 0 aliphatic heterocycles. The minimum Gasteiger partial charge on any atom is -0.471 e. The summed E-state index contributed by atoms with van der Waals surface area (Å²) in [4.78, 5) is 5.35. The standard InChI is InChI=1S/C25H25F5N4O3S/c1-17(38-14-18-7-4-3-5-8-18)34(13-20-9-6-10-35-20)23(33-31)19-11-21(36-15-24(2,26)27)32-22(12-19)37-16-25(28,29)30/h3-12H,1,13-16,31H2,2H3/b33-23-. The second-order valence-corrected chi connectivity index (χ2v) is 9.13. The molecule has 2 aromatic heterocycles. The third-order valence-corrected chi connectivity index (χ3v) is 5.75. The summed E-state index contributed by atoms with van der Waals surface area (Å²) in [6, 6.07) is 15.3. The Bertz CT molecular complexity index is 1180. The van der Waals surface area contributed by atoms with Gasteiger partial charge < -0.3 is 24.6 Å². The van der Waals surface area contributed by atoms with Crippen LogP contribution < -0.4 is 15.3 Å². The molecule has 0 spiro atoms. The van der Waals surface area contributed by atoms with Gasteiger partial charge in [-0.1, -0.05) is 36.9 Å². The summed E-state index contributed by atoms with van der Waals surface area (Å²) in [6.45, 7) is 2.13. The van der Waals surface area contributed by atoms with Crippen molar-refractivity contribution < 1.29 is 35.8 Å². The predicted molar refractivity (Wildman–Crippen MR) is 134 cm³/mol. The van der Waals surface area contributed by atoms with Crippen molar-refractivity contribution in [1.82, 2.24) is 9.88 Å². The number of hydrogen-bond acceptors (Lipinski definition) is 7. The van der Waals surface area contributed by atoms with Crippen molar-refractivity contribution in [2.75, 3.05) is 13.2 Å². The van der Waals surface area contributed by atoms with Gasteiger partial charge in [-0.2, -0.15) is 23.3 Å². The van der Waals surface area contributed by atoms with Gasteiger partial charge in [0.1, 0.15) is 5.76 Å². The molecule has 0 aliphatic carbocycles. The zero-order chi connectivity index (χ0) is 27.8. The highest BCUT2D eigenvalue weighted by Crippen LogP contribution is 2.29. The zero-order valence-corrected chi connectivity index (χ0v) is 21.1. The van der Waals surface area contributed by atoms with E-state index >= 15 is 0 Å². The molecule has 3 rings (SSSR count). The van der Waals surface area contributed by atoms with Crippen LogP contribution in [-0.4, -0.2) is 41.0 Å². The van der Waals surface area contributed by atoms with Crippen LogP contribution in [0.2, 0.25) is 0 Å². The molecule has 38 heavy (non-hydrogen) atoms. The molecule has 0 atom stereocenters. The summed E-state index contributed by atoms with van der Waals surface area (Å²) in [5.74, 6) is 2.69. The van der Waals surface area contributed by atoms with E-state index < -0.39 is 37.1 Å². The predicted octanol–water partition coefficient (Wildman–Crippen LogP) is 6.18. The highest BCUT2D eigenvalue weighted by molar-refractivity contribution is 8.02. The number of pyridine rings is 1. The first kappa shape index (κ1) is 28.8. The van der Waals surface area contributed by atoms with Gasteiger partial charge in [0, 0.05) is 30.4 Å². The largest absolute Gasteiger partial charge is 0.471 e. The van der Waals surface area contributed by atoms with Crippen molar-refractivity contribution in [1.29, 1.82) is 0 Å². The minimum atomic E-state index is -4.66. The average Bonchev–Trinajstić information content (AvgIpc) is 3.38. The fourth-order valence-corrected chi connectivity index (χ4v) is 3.91. The van der Waals surface area contributed by atoms with Crippen molar-refractivity contribution in [2.45, 2.75) is 31.3 Å². The zero-order valence-electron chi connectivity index (χ0n) is 20.3. The fraction of sp³-hybridized carbons (Fsp3) is 0.280. The molecule has 0 fully saturated rings. The lowest BCUT2D eigenvalue weighted by molar-refractivity contribution is -0.154. The van der Waals surface area contributed by atoms with Gasteiger partial charge in [0.15, 0.2) is 19.0 Å². The SMILES string of the molecule is C=C(SCc1ccccc1)N(Cc1ccco1)/C(=N\N)c1cc(OCC(C)(F)F)nc(OCC(F)(F)F)c1. The number of halogens is 5. The second-order valence-electron chi connectivity index (χ2n) is 8.08. The number of nitrogens with two attached hydrogens (primary N) is 1. The van der Waals surface area contributed by atoms with Gasteiger partial charge in [-0.25, -0.2) is 8.78 Å². The van der Waals surface area contributed by atoms with E-state index in [1.54, 1.807) is 17.0 Å². The maximum absolute atomic E-state index is 13.4. The molecule has 0 bridgehead atoms. The van der Waals surface area contributed by atoms with Crippen LogP contribution in [0, 0.1) is 0 Å². The first-order chi connectivity index (χ1) is 17.9. The van der Waals surface area contributed by atoms with E-state index in [4.69, 9.17) is 19.7 Å². The molecule has 0 amide bonds. The van der Waals surface area contributed by atoms with Gasteiger partial charge in [-0.15, -0.1) is 11.8 Å². The van der Waals surface area contributed by atoms with Crippen LogP contribution in [0.25, 0.3) is 0 Å². The molecule has 2 N–H and O–H groups in total. The molecular formula is C25H25F5N4O3S. The Morgan fingerprint density at radius 1 is 1.05 bits per heavy atom. The molecule has 204 valence electrons. The van der Waals surface area contributed by atoms with Crippen LogP contribution in [0.5, 0.6) is 11.8 Å². The number of furan rings is 1. The van der Waals surface area contributed by atoms with E-state index in [2.05, 4.69) is 16.7 Å². The Morgan fingerprint density at radius 2 is 1.71 bits per heavy atom. The number of amidine groups is 1. The van der Waals surface area contributed by atoms with E-state index in [9.17, 15) is 22.0 Å². The Kier molecular flexibility index (Phi) is 9.61. The van der Waals surface area contributed by atoms with Gasteiger partial charge in [0.2, 0.25) is 11.8 Å². The number of thioether (sulfide) groups is 1. The third kappa shape index (κ3) is 9.29. The van der Waals surface area contributed by atoms with Crippen LogP contribution in [0.15, 0.2) is 82.0 Å². The number of alkyl halides is 5. The van der Waals surface area contributed by atoms with Gasteiger partial charge in [-0.05, 0) is 17.7 Å². The normalized spacial score (nSPS) is 12.3. The van der Waals surface area contributed by atoms with E-state index in [1.807, 2.05) is 30.3 Å². The summed E-state index contributed by atoms with van der Waals surface area (Å²) in [7, 11) is 0. The van der Waals surface area contributed by atoms with Gasteiger partial charge in [0.05, 0.1) is 17.8 Å². The van der Waals surface area contributed by atoms with E-state index in [1.165, 1.54) is 24.1 Å². The van der Waals surface area contributed by atoms with Gasteiger partial charge in [-0.3, -0.25) is 0 Å². The van der Waals surface area contributed by atoms with Gasteiger partial charge in [0.25, 0.3) is 5.92 Å². The van der Waals surface area contributed by atoms with Crippen molar-refractivity contribution in [2.24, 2.45) is 10.9 Å². The number of rotatable bonds is 12. The summed E-state index contributed by atoms with van der Waals surface area (Å²) in [5, 5.41) is 4.31. The van der Waals surface area contributed by atoms with Crippen molar-refractivity contribution in [3.05, 3.63) is 89.4 Å². The van der Waals surface area contributed by atoms with Crippen LogP contribution in [0.1, 0.15) is 23.8 Å². The highest BCUT2D eigenvalue weighted by Gasteiger charge is 2.30. The Hall–Kier alpha value is -3.74. The molecule has 0 unspecified atom stereocenters. The molecule has 0 aliphatic rings. The van der Waals surface area contributed by atoms with Crippen LogP contribution in [0.3, 0.4) is 0 Å². The van der Waals surface area contributed by atoms with E-state index in [0.29, 0.717) is 23.5 Å². The molecule has 2 heterocycles. The Morgan fingerprint density at radius 3 is 2.26 bits per heavy atom. The third-order valence-electron chi connectivity index (χ3n) is 4.72. The molecule has 0 radical (unpaired) electrons. The summed E-state index contributed by atoms with van der Waals surface area (Å²) >= 11 is 1.36. The number of hydrogen-bond donors (Lipinski definition) is 1. The lowest BCUT2D eigenvalue weighted by Gasteiger charge is -2.27. The molecule has 0 saturated carbocycles. The highest BCUT2D eigenvalue weighted by atomic mass is 32.2. The van der Waals surface area contributed by atoms with Crippen molar-refractivity contribution in [3.8, 4) is 11.8 Å². The first-order valence-corrected chi connectivity index (χ1v) is 12.1. The van der Waals surface area contributed by atoms with E-state index in [0.717, 1.165) is 11.6 Å². The number of hydrazone groups is 1. The first-order valence-electron chi connectivity index (χ1n) is 11.1. The Balaban J connectivity index is 1.95.